The van der Waals surface area contributed by atoms with E-state index in [1.807, 2.05) is 42.6 Å². The van der Waals surface area contributed by atoms with Crippen LogP contribution in [0.3, 0.4) is 0 Å². The maximum atomic E-state index is 13.3. The van der Waals surface area contributed by atoms with E-state index in [9.17, 15) is 9.90 Å². The van der Waals surface area contributed by atoms with E-state index in [1.165, 1.54) is 47.9 Å². The zero-order valence-electron chi connectivity index (χ0n) is 26.0. The molecule has 1 spiro atoms. The van der Waals surface area contributed by atoms with Crippen LogP contribution in [0.5, 0.6) is 5.75 Å². The SMILES string of the molecule is COC(=O)C1(Nc2cccc(Cl)c2)CCC2(CC1)C(C[C@@H](C)COc1ccnc3c1[C@H](C)CCC3)=Cc1ccc(CO)cc12. The molecule has 0 amide bonds. The molecule has 3 aliphatic carbocycles. The summed E-state index contributed by atoms with van der Waals surface area (Å²) in [4.78, 5) is 18.0. The molecule has 0 unspecified atom stereocenters. The molecule has 7 heteroatoms. The fourth-order valence-corrected chi connectivity index (χ4v) is 8.03. The lowest BCUT2D eigenvalue weighted by Crippen LogP contribution is -2.52. The largest absolute Gasteiger partial charge is 0.493 e. The van der Waals surface area contributed by atoms with Crippen molar-refractivity contribution >= 4 is 29.3 Å². The number of allylic oxidation sites excluding steroid dienone is 1. The predicted octanol–water partition coefficient (Wildman–Crippen LogP) is 8.01. The molecule has 2 N–H and O–H groups in total. The number of nitrogens with zero attached hydrogens (tertiary/aromatic N) is 1. The van der Waals surface area contributed by atoms with Crippen molar-refractivity contribution in [3.8, 4) is 5.75 Å². The number of fused-ring (bicyclic) bond motifs is 3. The number of aliphatic hydroxyl groups is 1. The number of halogens is 1. The molecule has 0 radical (unpaired) electrons. The summed E-state index contributed by atoms with van der Waals surface area (Å²) in [6.07, 6.45) is 11.3. The van der Waals surface area contributed by atoms with Gasteiger partial charge in [0.25, 0.3) is 0 Å². The molecule has 6 rings (SSSR count). The quantitative estimate of drug-likeness (QED) is 0.238. The van der Waals surface area contributed by atoms with Crippen LogP contribution in [0.15, 0.2) is 60.3 Å². The van der Waals surface area contributed by atoms with Crippen LogP contribution in [-0.4, -0.2) is 35.3 Å². The van der Waals surface area contributed by atoms with Crippen molar-refractivity contribution in [2.24, 2.45) is 5.92 Å². The summed E-state index contributed by atoms with van der Waals surface area (Å²) < 4.78 is 11.9. The first-order chi connectivity index (χ1) is 21.3. The summed E-state index contributed by atoms with van der Waals surface area (Å²) in [5.74, 6) is 1.47. The second-order valence-corrected chi connectivity index (χ2v) is 13.6. The number of hydrogen-bond donors (Lipinski definition) is 2. The predicted molar refractivity (Wildman–Crippen MR) is 175 cm³/mol. The van der Waals surface area contributed by atoms with Gasteiger partial charge in [-0.3, -0.25) is 4.98 Å². The molecular weight excluding hydrogens is 572 g/mol. The van der Waals surface area contributed by atoms with Gasteiger partial charge in [-0.2, -0.15) is 0 Å². The maximum absolute atomic E-state index is 13.3. The van der Waals surface area contributed by atoms with E-state index in [0.717, 1.165) is 42.7 Å². The molecule has 1 aromatic heterocycles. The van der Waals surface area contributed by atoms with Crippen LogP contribution in [0, 0.1) is 5.92 Å². The first-order valence-corrected chi connectivity index (χ1v) is 16.3. The van der Waals surface area contributed by atoms with Gasteiger partial charge in [0.15, 0.2) is 0 Å². The number of rotatable bonds is 9. The summed E-state index contributed by atoms with van der Waals surface area (Å²) in [5.41, 5.74) is 6.96. The lowest BCUT2D eigenvalue weighted by atomic mass is 9.61. The third-order valence-electron chi connectivity index (χ3n) is 10.2. The Labute approximate surface area is 265 Å². The van der Waals surface area contributed by atoms with E-state index in [-0.39, 0.29) is 23.9 Å². The number of pyridine rings is 1. The van der Waals surface area contributed by atoms with Crippen LogP contribution in [-0.2, 0) is 28.0 Å². The molecule has 232 valence electrons. The number of nitrogens with one attached hydrogen (secondary N) is 1. The highest BCUT2D eigenvalue weighted by Crippen LogP contribution is 2.55. The van der Waals surface area contributed by atoms with Crippen LogP contribution in [0.4, 0.5) is 5.69 Å². The van der Waals surface area contributed by atoms with Crippen molar-refractivity contribution < 1.29 is 19.4 Å². The van der Waals surface area contributed by atoms with Gasteiger partial charge >= 0.3 is 5.97 Å². The molecule has 1 heterocycles. The van der Waals surface area contributed by atoms with Gasteiger partial charge in [-0.15, -0.1) is 0 Å². The highest BCUT2D eigenvalue weighted by Gasteiger charge is 2.52. The molecule has 44 heavy (non-hydrogen) atoms. The molecule has 3 aromatic rings. The number of aryl methyl sites for hydroxylation is 1. The zero-order chi connectivity index (χ0) is 30.9. The van der Waals surface area contributed by atoms with Gasteiger partial charge in [0.05, 0.1) is 20.3 Å². The monoisotopic (exact) mass is 614 g/mol. The first kappa shape index (κ1) is 30.7. The molecular formula is C37H43ClN2O4. The number of anilines is 1. The number of methoxy groups -OCH3 is 1. The lowest BCUT2D eigenvalue weighted by molar-refractivity contribution is -0.147. The van der Waals surface area contributed by atoms with E-state index in [0.29, 0.717) is 30.4 Å². The van der Waals surface area contributed by atoms with Crippen LogP contribution < -0.4 is 10.1 Å². The standard InChI is InChI=1S/C37H43ClN2O4/c1-24(23-44-33-12-17-39-32-9-4-6-25(2)34(32)33)18-28-20-27-11-10-26(22-41)19-31(27)36(28)13-15-37(16-14-36,35(42)43-3)40-30-8-5-7-29(38)21-30/h5,7-8,10-12,17,19-21,24-25,40-41H,4,6,9,13-16,18,22-23H2,1-3H3/t24-,25-,36?,37?/m1/s1. The Morgan fingerprint density at radius 2 is 1.98 bits per heavy atom. The molecule has 0 saturated heterocycles. The van der Waals surface area contributed by atoms with Crippen molar-refractivity contribution in [2.75, 3.05) is 19.0 Å². The van der Waals surface area contributed by atoms with Crippen molar-refractivity contribution in [3.63, 3.8) is 0 Å². The third-order valence-corrected chi connectivity index (χ3v) is 10.4. The van der Waals surface area contributed by atoms with Gasteiger partial charge in [-0.1, -0.05) is 61.4 Å². The summed E-state index contributed by atoms with van der Waals surface area (Å²) in [7, 11) is 1.46. The number of hydrogen-bond acceptors (Lipinski definition) is 6. The second-order valence-electron chi connectivity index (χ2n) is 13.1. The number of esters is 1. The lowest BCUT2D eigenvalue weighted by Gasteiger charge is -2.46. The fourth-order valence-electron chi connectivity index (χ4n) is 7.84. The van der Waals surface area contributed by atoms with Crippen LogP contribution in [0.2, 0.25) is 5.02 Å². The number of carbonyl (C=O) groups excluding carboxylic acids is 1. The number of aliphatic hydroxyl groups excluding tert-OH is 1. The van der Waals surface area contributed by atoms with Gasteiger partial charge in [0.2, 0.25) is 0 Å². The summed E-state index contributed by atoms with van der Waals surface area (Å²) in [6, 6.07) is 15.8. The van der Waals surface area contributed by atoms with Gasteiger partial charge in [-0.05, 0) is 104 Å². The van der Waals surface area contributed by atoms with Gasteiger partial charge in [0, 0.05) is 33.6 Å². The highest BCUT2D eigenvalue weighted by molar-refractivity contribution is 6.30. The summed E-state index contributed by atoms with van der Waals surface area (Å²) in [6.45, 7) is 5.16. The van der Waals surface area contributed by atoms with Crippen LogP contribution >= 0.6 is 11.6 Å². The minimum Gasteiger partial charge on any atom is -0.493 e. The van der Waals surface area contributed by atoms with Crippen LogP contribution in [0.25, 0.3) is 6.08 Å². The topological polar surface area (TPSA) is 80.7 Å². The fraction of sp³-hybridized carbons (Fsp3) is 0.459. The molecule has 1 saturated carbocycles. The van der Waals surface area contributed by atoms with E-state index >= 15 is 0 Å². The third kappa shape index (κ3) is 5.75. The Balaban J connectivity index is 1.24. The van der Waals surface area contributed by atoms with Gasteiger partial charge in [-0.25, -0.2) is 4.79 Å². The first-order valence-electron chi connectivity index (χ1n) is 15.9. The van der Waals surface area contributed by atoms with Crippen molar-refractivity contribution in [1.82, 2.24) is 4.98 Å². The number of ether oxygens (including phenoxy) is 2. The molecule has 6 nitrogen and oxygen atoms in total. The van der Waals surface area contributed by atoms with E-state index < -0.39 is 5.54 Å². The molecule has 0 bridgehead atoms. The van der Waals surface area contributed by atoms with Crippen LogP contribution in [0.1, 0.15) is 92.7 Å². The van der Waals surface area contributed by atoms with Crippen molar-refractivity contribution in [3.05, 3.63) is 93.3 Å². The molecule has 0 aliphatic heterocycles. The number of aromatic nitrogens is 1. The summed E-state index contributed by atoms with van der Waals surface area (Å²) in [5, 5.41) is 14.1. The normalized spacial score (nSPS) is 24.7. The minimum absolute atomic E-state index is 0.0000330. The Hall–Kier alpha value is -3.35. The van der Waals surface area contributed by atoms with Crippen molar-refractivity contribution in [2.45, 2.75) is 88.7 Å². The average molecular weight is 615 g/mol. The Bertz CT molecular complexity index is 1560. The molecule has 3 aliphatic rings. The average Bonchev–Trinajstić information content (AvgIpc) is 3.32. The Morgan fingerprint density at radius 1 is 1.16 bits per heavy atom. The van der Waals surface area contributed by atoms with Gasteiger partial charge in [0.1, 0.15) is 11.3 Å². The number of carbonyl (C=O) groups is 1. The van der Waals surface area contributed by atoms with E-state index in [1.54, 1.807) is 0 Å². The smallest absolute Gasteiger partial charge is 0.331 e. The Morgan fingerprint density at radius 3 is 2.73 bits per heavy atom. The van der Waals surface area contributed by atoms with E-state index in [4.69, 9.17) is 21.1 Å². The highest BCUT2D eigenvalue weighted by atomic mass is 35.5. The summed E-state index contributed by atoms with van der Waals surface area (Å²) >= 11 is 6.28. The zero-order valence-corrected chi connectivity index (χ0v) is 26.8. The second kappa shape index (κ2) is 12.6. The Kier molecular flexibility index (Phi) is 8.76. The number of benzene rings is 2. The molecule has 2 aromatic carbocycles. The molecule has 2 atom stereocenters. The maximum Gasteiger partial charge on any atom is 0.331 e. The van der Waals surface area contributed by atoms with Crippen molar-refractivity contribution in [1.29, 1.82) is 0 Å². The molecule has 1 fully saturated rings. The van der Waals surface area contributed by atoms with E-state index in [2.05, 4.69) is 42.4 Å². The van der Waals surface area contributed by atoms with Gasteiger partial charge < -0.3 is 19.9 Å². The minimum atomic E-state index is -0.848.